The highest BCUT2D eigenvalue weighted by molar-refractivity contribution is 8.12. The van der Waals surface area contributed by atoms with Crippen LogP contribution in [0.2, 0.25) is 0 Å². The number of carbonyl (C=O) groups excluding carboxylic acids is 1. The van der Waals surface area contributed by atoms with E-state index in [0.717, 1.165) is 26.8 Å². The van der Waals surface area contributed by atoms with Gasteiger partial charge in [0.15, 0.2) is 0 Å². The molecule has 4 aromatic rings. The predicted molar refractivity (Wildman–Crippen MR) is 172 cm³/mol. The Morgan fingerprint density at radius 3 is 2.07 bits per heavy atom. The first kappa shape index (κ1) is 26.8. The van der Waals surface area contributed by atoms with Crippen molar-refractivity contribution in [3.05, 3.63) is 133 Å². The van der Waals surface area contributed by atoms with E-state index in [9.17, 15) is 9.59 Å². The zero-order valence-electron chi connectivity index (χ0n) is 22.9. The van der Waals surface area contributed by atoms with Gasteiger partial charge in [0, 0.05) is 18.5 Å². The van der Waals surface area contributed by atoms with Crippen molar-refractivity contribution in [1.82, 2.24) is 9.47 Å². The van der Waals surface area contributed by atoms with Gasteiger partial charge in [0.2, 0.25) is 0 Å². The number of benzene rings is 3. The Kier molecular flexibility index (Phi) is 7.34. The molecule has 0 aliphatic carbocycles. The summed E-state index contributed by atoms with van der Waals surface area (Å²) >= 11 is 3.02. The third-order valence-electron chi connectivity index (χ3n) is 7.00. The summed E-state index contributed by atoms with van der Waals surface area (Å²) in [4.78, 5) is 30.3. The average molecular weight is 577 g/mol. The van der Waals surface area contributed by atoms with Gasteiger partial charge < -0.3 is 4.90 Å². The van der Waals surface area contributed by atoms with Crippen molar-refractivity contribution in [2.24, 2.45) is 5.10 Å². The van der Waals surface area contributed by atoms with Gasteiger partial charge in [-0.25, -0.2) is 0 Å². The molecule has 0 unspecified atom stereocenters. The summed E-state index contributed by atoms with van der Waals surface area (Å²) in [6, 6.07) is 30.0. The maximum atomic E-state index is 13.5. The van der Waals surface area contributed by atoms with Crippen LogP contribution in [0.5, 0.6) is 0 Å². The van der Waals surface area contributed by atoms with E-state index < -0.39 is 0 Å². The SMILES string of the molecule is CCn1c(=O)/c(=C\C=C2/SC(c3ccccc3)=C(c3ccccc3)N2C)s/c1=C1/C(=O)N(c2ccccc2)N=C1C. The van der Waals surface area contributed by atoms with Crippen LogP contribution >= 0.6 is 23.1 Å². The number of hydrazone groups is 1. The maximum Gasteiger partial charge on any atom is 0.283 e. The van der Waals surface area contributed by atoms with E-state index in [4.69, 9.17) is 0 Å². The Morgan fingerprint density at radius 2 is 1.44 bits per heavy atom. The summed E-state index contributed by atoms with van der Waals surface area (Å²) in [5, 5.41) is 6.94. The number of hydrogen-bond acceptors (Lipinski definition) is 6. The highest BCUT2D eigenvalue weighted by Gasteiger charge is 2.31. The lowest BCUT2D eigenvalue weighted by atomic mass is 10.1. The van der Waals surface area contributed by atoms with Gasteiger partial charge in [-0.2, -0.15) is 10.1 Å². The molecular formula is C33H28N4O2S2. The zero-order valence-corrected chi connectivity index (χ0v) is 24.6. The molecule has 6 rings (SSSR count). The number of carbonyl (C=O) groups is 1. The lowest BCUT2D eigenvalue weighted by Gasteiger charge is -2.17. The maximum absolute atomic E-state index is 13.5. The molecule has 0 fully saturated rings. The molecule has 3 aromatic carbocycles. The topological polar surface area (TPSA) is 57.9 Å². The Hall–Kier alpha value is -4.40. The molecule has 6 nitrogen and oxygen atoms in total. The second kappa shape index (κ2) is 11.2. The summed E-state index contributed by atoms with van der Waals surface area (Å²) < 4.78 is 2.88. The Balaban J connectivity index is 1.43. The van der Waals surface area contributed by atoms with Crippen LogP contribution in [-0.2, 0) is 11.3 Å². The van der Waals surface area contributed by atoms with Crippen molar-refractivity contribution in [1.29, 1.82) is 0 Å². The molecular weight excluding hydrogens is 549 g/mol. The lowest BCUT2D eigenvalue weighted by Crippen LogP contribution is -2.33. The van der Waals surface area contributed by atoms with Gasteiger partial charge in [0.05, 0.1) is 32.2 Å². The van der Waals surface area contributed by atoms with Crippen LogP contribution in [0.15, 0.2) is 112 Å². The summed E-state index contributed by atoms with van der Waals surface area (Å²) in [6.07, 6.45) is 3.87. The first-order valence-electron chi connectivity index (χ1n) is 13.4. The van der Waals surface area contributed by atoms with Crippen LogP contribution in [0.1, 0.15) is 25.0 Å². The molecule has 8 heteroatoms. The normalized spacial score (nSPS) is 18.2. The fraction of sp³-hybridized carbons (Fsp3) is 0.121. The third-order valence-corrected chi connectivity index (χ3v) is 9.41. The Morgan fingerprint density at radius 1 is 0.829 bits per heavy atom. The minimum absolute atomic E-state index is 0.110. The molecule has 0 saturated heterocycles. The molecule has 1 amide bonds. The van der Waals surface area contributed by atoms with E-state index in [2.05, 4.69) is 41.3 Å². The molecule has 0 N–H and O–H groups in total. The van der Waals surface area contributed by atoms with Crippen molar-refractivity contribution >= 4 is 62.7 Å². The third kappa shape index (κ3) is 4.90. The number of nitrogens with zero attached hydrogens (tertiary/aromatic N) is 4. The van der Waals surface area contributed by atoms with E-state index in [0.29, 0.717) is 32.7 Å². The Bertz CT molecular complexity index is 1900. The summed E-state index contributed by atoms with van der Waals surface area (Å²) in [6.45, 7) is 4.19. The van der Waals surface area contributed by atoms with Crippen LogP contribution in [0.25, 0.3) is 22.3 Å². The first-order valence-corrected chi connectivity index (χ1v) is 15.0. The summed E-state index contributed by atoms with van der Waals surface area (Å²) in [5.41, 5.74) is 5.06. The highest BCUT2D eigenvalue weighted by Crippen LogP contribution is 2.49. The number of anilines is 1. The zero-order chi connectivity index (χ0) is 28.5. The second-order valence-corrected chi connectivity index (χ2v) is 11.6. The number of thiazole rings is 1. The van der Waals surface area contributed by atoms with Crippen LogP contribution < -0.4 is 19.8 Å². The van der Waals surface area contributed by atoms with Crippen LogP contribution in [0.3, 0.4) is 0 Å². The van der Waals surface area contributed by atoms with Gasteiger partial charge in [-0.05, 0) is 49.3 Å². The van der Waals surface area contributed by atoms with E-state index in [-0.39, 0.29) is 11.5 Å². The van der Waals surface area contributed by atoms with E-state index in [1.54, 1.807) is 16.3 Å². The van der Waals surface area contributed by atoms with E-state index >= 15 is 0 Å². The van der Waals surface area contributed by atoms with Crippen LogP contribution in [-0.4, -0.2) is 28.1 Å². The Labute approximate surface area is 246 Å². The number of aromatic nitrogens is 1. The molecule has 1 aromatic heterocycles. The molecule has 2 aliphatic heterocycles. The smallest absolute Gasteiger partial charge is 0.283 e. The van der Waals surface area contributed by atoms with Gasteiger partial charge in [-0.15, -0.1) is 11.3 Å². The second-order valence-electron chi connectivity index (χ2n) is 9.58. The van der Waals surface area contributed by atoms with Gasteiger partial charge in [0.25, 0.3) is 11.5 Å². The first-order chi connectivity index (χ1) is 20.0. The molecule has 41 heavy (non-hydrogen) atoms. The molecule has 0 saturated carbocycles. The van der Waals surface area contributed by atoms with Gasteiger partial charge >= 0.3 is 0 Å². The minimum atomic E-state index is -0.225. The van der Waals surface area contributed by atoms with Crippen molar-refractivity contribution in [3.8, 4) is 0 Å². The molecule has 0 bridgehead atoms. The molecule has 204 valence electrons. The number of thioether (sulfide) groups is 1. The number of amides is 1. The number of hydrogen-bond donors (Lipinski definition) is 0. The minimum Gasteiger partial charge on any atom is -0.338 e. The lowest BCUT2D eigenvalue weighted by molar-refractivity contribution is -0.112. The van der Waals surface area contributed by atoms with Crippen molar-refractivity contribution in [2.75, 3.05) is 12.1 Å². The van der Waals surface area contributed by atoms with Crippen molar-refractivity contribution < 1.29 is 4.79 Å². The van der Waals surface area contributed by atoms with Gasteiger partial charge in [0.1, 0.15) is 4.66 Å². The van der Waals surface area contributed by atoms with E-state index in [1.165, 1.54) is 16.3 Å². The summed E-state index contributed by atoms with van der Waals surface area (Å²) in [5.74, 6) is -0.225. The number of allylic oxidation sites excluding steroid dienone is 1. The largest absolute Gasteiger partial charge is 0.338 e. The average Bonchev–Trinajstić information content (AvgIpc) is 3.62. The van der Waals surface area contributed by atoms with Crippen molar-refractivity contribution in [3.63, 3.8) is 0 Å². The predicted octanol–water partition coefficient (Wildman–Crippen LogP) is 5.33. The molecule has 0 spiro atoms. The quantitative estimate of drug-likeness (QED) is 0.322. The standard InChI is InChI=1S/C33H28N4O2S2/c1-4-36-31(38)26(40-33(36)28-22(2)34-37(32(28)39)25-18-12-7-13-19-25)20-21-27-35(3)29(23-14-8-5-9-15-23)30(41-27)24-16-10-6-11-17-24/h5-21H,4H2,1-3H3/b26-20+,27-21-,33-28+. The fourth-order valence-corrected chi connectivity index (χ4v) is 7.37. The van der Waals surface area contributed by atoms with Gasteiger partial charge in [-0.3, -0.25) is 14.2 Å². The molecule has 0 atom stereocenters. The van der Waals surface area contributed by atoms with Gasteiger partial charge in [-0.1, -0.05) is 90.6 Å². The van der Waals surface area contributed by atoms with Crippen LogP contribution in [0, 0.1) is 0 Å². The number of rotatable bonds is 5. The highest BCUT2D eigenvalue weighted by atomic mass is 32.2. The van der Waals surface area contributed by atoms with Crippen molar-refractivity contribution in [2.45, 2.75) is 20.4 Å². The fourth-order valence-electron chi connectivity index (χ4n) is 4.99. The number of para-hydroxylation sites is 1. The molecule has 3 heterocycles. The molecule has 2 aliphatic rings. The monoisotopic (exact) mass is 576 g/mol. The van der Waals surface area contributed by atoms with E-state index in [1.807, 2.05) is 92.7 Å². The summed E-state index contributed by atoms with van der Waals surface area (Å²) in [7, 11) is 2.06. The van der Waals surface area contributed by atoms with Crippen LogP contribution in [0.4, 0.5) is 5.69 Å². The molecule has 0 radical (unpaired) electrons.